The van der Waals surface area contributed by atoms with Gasteiger partial charge in [0.25, 0.3) is 5.56 Å². The minimum absolute atomic E-state index is 0.0118. The van der Waals surface area contributed by atoms with Crippen molar-refractivity contribution < 1.29 is 14.3 Å². The number of rotatable bonds is 5. The third-order valence-electron chi connectivity index (χ3n) is 5.82. The van der Waals surface area contributed by atoms with E-state index < -0.39 is 29.7 Å². The average molecular weight is 473 g/mol. The second-order valence-electron chi connectivity index (χ2n) is 8.14. The zero-order chi connectivity index (χ0) is 25.3. The molecule has 0 radical (unpaired) electrons. The number of para-hydroxylation sites is 1. The summed E-state index contributed by atoms with van der Waals surface area (Å²) in [6, 6.07) is 15.5. The number of nitrogens with one attached hydrogen (secondary N) is 1. The Morgan fingerprint density at radius 3 is 2.40 bits per heavy atom. The fourth-order valence-electron chi connectivity index (χ4n) is 3.90. The number of amides is 1. The zero-order valence-electron chi connectivity index (χ0n) is 19.8. The molecule has 9 heteroatoms. The van der Waals surface area contributed by atoms with Gasteiger partial charge in [0.2, 0.25) is 5.91 Å². The Labute approximate surface area is 200 Å². The molecule has 2 heterocycles. The number of esters is 1. The monoisotopic (exact) mass is 472 g/mol. The van der Waals surface area contributed by atoms with Crippen LogP contribution in [0.2, 0.25) is 0 Å². The Bertz CT molecular complexity index is 1590. The maximum atomic E-state index is 13.6. The van der Waals surface area contributed by atoms with Crippen LogP contribution < -0.4 is 16.6 Å². The van der Waals surface area contributed by atoms with Crippen LogP contribution in [-0.2, 0) is 16.1 Å². The van der Waals surface area contributed by atoms with Gasteiger partial charge in [0, 0.05) is 11.4 Å². The van der Waals surface area contributed by atoms with Crippen LogP contribution in [-0.4, -0.2) is 33.1 Å². The van der Waals surface area contributed by atoms with E-state index in [1.54, 1.807) is 49.4 Å². The Morgan fingerprint density at radius 2 is 1.71 bits per heavy atom. The molecule has 0 spiro atoms. The molecule has 178 valence electrons. The van der Waals surface area contributed by atoms with Gasteiger partial charge in [-0.3, -0.25) is 9.59 Å². The molecular formula is C26H24N4O5. The number of carbonyl (C=O) groups is 2. The summed E-state index contributed by atoms with van der Waals surface area (Å²) in [5.74, 6) is -1.31. The Hall–Kier alpha value is -4.53. The van der Waals surface area contributed by atoms with Gasteiger partial charge in [-0.1, -0.05) is 30.3 Å². The lowest BCUT2D eigenvalue weighted by atomic mass is 10.1. The van der Waals surface area contributed by atoms with Crippen LogP contribution in [0, 0.1) is 20.8 Å². The highest BCUT2D eigenvalue weighted by Gasteiger charge is 2.23. The Kier molecular flexibility index (Phi) is 6.33. The highest BCUT2D eigenvalue weighted by Crippen LogP contribution is 2.19. The van der Waals surface area contributed by atoms with Crippen molar-refractivity contribution in [3.05, 3.63) is 97.8 Å². The minimum atomic E-state index is -0.804. The summed E-state index contributed by atoms with van der Waals surface area (Å²) in [5.41, 5.74) is 1.72. The number of aromatic nitrogens is 3. The maximum Gasteiger partial charge on any atom is 0.338 e. The van der Waals surface area contributed by atoms with Crippen molar-refractivity contribution in [1.82, 2.24) is 14.1 Å². The number of hydrogen-bond donors (Lipinski definition) is 1. The maximum absolute atomic E-state index is 13.6. The van der Waals surface area contributed by atoms with Gasteiger partial charge in [0.15, 0.2) is 5.65 Å². The Morgan fingerprint density at radius 1 is 1.00 bits per heavy atom. The Balaban J connectivity index is 1.95. The molecule has 0 saturated heterocycles. The largest absolute Gasteiger partial charge is 0.465 e. The van der Waals surface area contributed by atoms with Gasteiger partial charge in [-0.25, -0.2) is 23.7 Å². The number of fused-ring (bicyclic) bond motifs is 1. The lowest BCUT2D eigenvalue weighted by molar-refractivity contribution is -0.116. The average Bonchev–Trinajstić information content (AvgIpc) is 2.84. The number of anilines is 1. The standard InChI is InChI=1S/C26H24N4O5/c1-15-9-8-12-20(17(15)3)28-21(31)14-29-24(32)22-19(25(33)35-4)13-16(2)27-23(22)30(26(29)34)18-10-6-5-7-11-18/h5-13H,14H2,1-4H3,(H,28,31). The molecule has 0 aliphatic carbocycles. The van der Waals surface area contributed by atoms with Crippen LogP contribution in [0.3, 0.4) is 0 Å². The highest BCUT2D eigenvalue weighted by molar-refractivity contribution is 6.02. The number of benzene rings is 2. The molecular weight excluding hydrogens is 448 g/mol. The molecule has 35 heavy (non-hydrogen) atoms. The molecule has 2 aromatic heterocycles. The minimum Gasteiger partial charge on any atom is -0.465 e. The first-order chi connectivity index (χ1) is 16.7. The van der Waals surface area contributed by atoms with Crippen LogP contribution in [0.15, 0.2) is 64.2 Å². The van der Waals surface area contributed by atoms with Gasteiger partial charge in [0.1, 0.15) is 6.54 Å². The van der Waals surface area contributed by atoms with Gasteiger partial charge < -0.3 is 10.1 Å². The van der Waals surface area contributed by atoms with Gasteiger partial charge in [-0.2, -0.15) is 0 Å². The molecule has 0 bridgehead atoms. The molecule has 0 aliphatic heterocycles. The van der Waals surface area contributed by atoms with Crippen molar-refractivity contribution in [2.45, 2.75) is 27.3 Å². The summed E-state index contributed by atoms with van der Waals surface area (Å²) in [7, 11) is 1.20. The van der Waals surface area contributed by atoms with Crippen molar-refractivity contribution in [1.29, 1.82) is 0 Å². The van der Waals surface area contributed by atoms with E-state index in [-0.39, 0.29) is 16.6 Å². The second-order valence-corrected chi connectivity index (χ2v) is 8.14. The molecule has 0 saturated carbocycles. The first-order valence-electron chi connectivity index (χ1n) is 10.9. The fourth-order valence-corrected chi connectivity index (χ4v) is 3.90. The van der Waals surface area contributed by atoms with Crippen LogP contribution in [0.4, 0.5) is 5.69 Å². The van der Waals surface area contributed by atoms with Crippen molar-refractivity contribution >= 4 is 28.6 Å². The van der Waals surface area contributed by atoms with Crippen molar-refractivity contribution in [3.63, 3.8) is 0 Å². The molecule has 0 unspecified atom stereocenters. The van der Waals surface area contributed by atoms with Crippen molar-refractivity contribution in [2.75, 3.05) is 12.4 Å². The summed E-state index contributed by atoms with van der Waals surface area (Å²) >= 11 is 0. The molecule has 0 fully saturated rings. The summed E-state index contributed by atoms with van der Waals surface area (Å²) in [4.78, 5) is 57.0. The van der Waals surface area contributed by atoms with E-state index in [4.69, 9.17) is 4.74 Å². The summed E-state index contributed by atoms with van der Waals surface area (Å²) in [6.07, 6.45) is 0. The summed E-state index contributed by atoms with van der Waals surface area (Å²) in [5, 5.41) is 2.66. The quantitative estimate of drug-likeness (QED) is 0.447. The predicted octanol–water partition coefficient (Wildman–Crippen LogP) is 2.90. The first kappa shape index (κ1) is 23.6. The van der Waals surface area contributed by atoms with E-state index >= 15 is 0 Å². The topological polar surface area (TPSA) is 112 Å². The number of hydrogen-bond acceptors (Lipinski definition) is 6. The lowest BCUT2D eigenvalue weighted by Gasteiger charge is -2.16. The number of ether oxygens (including phenoxy) is 1. The third-order valence-corrected chi connectivity index (χ3v) is 5.82. The summed E-state index contributed by atoms with van der Waals surface area (Å²) < 4.78 is 6.90. The van der Waals surface area contributed by atoms with E-state index in [0.29, 0.717) is 17.1 Å². The number of carbonyl (C=O) groups excluding carboxylic acids is 2. The molecule has 0 atom stereocenters. The molecule has 2 aromatic carbocycles. The van der Waals surface area contributed by atoms with Crippen molar-refractivity contribution in [3.8, 4) is 5.69 Å². The van der Waals surface area contributed by atoms with Crippen LogP contribution in [0.1, 0.15) is 27.2 Å². The molecule has 1 amide bonds. The van der Waals surface area contributed by atoms with Crippen LogP contribution in [0.5, 0.6) is 0 Å². The molecule has 1 N–H and O–H groups in total. The van der Waals surface area contributed by atoms with Gasteiger partial charge in [0.05, 0.1) is 23.7 Å². The number of nitrogens with zero attached hydrogens (tertiary/aromatic N) is 3. The summed E-state index contributed by atoms with van der Waals surface area (Å²) in [6.45, 7) is 4.88. The van der Waals surface area contributed by atoms with Gasteiger partial charge in [-0.15, -0.1) is 0 Å². The number of aryl methyl sites for hydroxylation is 2. The normalized spacial score (nSPS) is 10.9. The van der Waals surface area contributed by atoms with E-state index in [1.165, 1.54) is 17.7 Å². The van der Waals surface area contributed by atoms with E-state index in [1.807, 2.05) is 19.9 Å². The van der Waals surface area contributed by atoms with E-state index in [2.05, 4.69) is 10.3 Å². The van der Waals surface area contributed by atoms with Crippen LogP contribution in [0.25, 0.3) is 16.7 Å². The van der Waals surface area contributed by atoms with Crippen molar-refractivity contribution in [2.24, 2.45) is 0 Å². The SMILES string of the molecule is COC(=O)c1cc(C)nc2c1c(=O)n(CC(=O)Nc1cccc(C)c1C)c(=O)n2-c1ccccc1. The smallest absolute Gasteiger partial charge is 0.338 e. The molecule has 9 nitrogen and oxygen atoms in total. The number of pyridine rings is 1. The van der Waals surface area contributed by atoms with Gasteiger partial charge in [-0.05, 0) is 56.2 Å². The van der Waals surface area contributed by atoms with Crippen LogP contribution >= 0.6 is 0 Å². The zero-order valence-corrected chi connectivity index (χ0v) is 19.8. The molecule has 4 aromatic rings. The molecule has 0 aliphatic rings. The molecule has 4 rings (SSSR count). The van der Waals surface area contributed by atoms with Gasteiger partial charge >= 0.3 is 11.7 Å². The second kappa shape index (κ2) is 9.38. The number of methoxy groups -OCH3 is 1. The fraction of sp³-hybridized carbons (Fsp3) is 0.192. The lowest BCUT2D eigenvalue weighted by Crippen LogP contribution is -2.43. The predicted molar refractivity (Wildman–Crippen MR) is 132 cm³/mol. The van der Waals surface area contributed by atoms with E-state index in [9.17, 15) is 19.2 Å². The van der Waals surface area contributed by atoms with E-state index in [0.717, 1.165) is 15.7 Å². The first-order valence-corrected chi connectivity index (χ1v) is 10.9. The third kappa shape index (κ3) is 4.35. The highest BCUT2D eigenvalue weighted by atomic mass is 16.5.